The van der Waals surface area contributed by atoms with Crippen molar-refractivity contribution >= 4 is 45.2 Å². The van der Waals surface area contributed by atoms with Gasteiger partial charge in [0.1, 0.15) is 4.83 Å². The highest BCUT2D eigenvalue weighted by Gasteiger charge is 2.22. The van der Waals surface area contributed by atoms with E-state index >= 15 is 0 Å². The van der Waals surface area contributed by atoms with E-state index < -0.39 is 0 Å². The fourth-order valence-corrected chi connectivity index (χ4v) is 5.71. The van der Waals surface area contributed by atoms with Crippen LogP contribution in [0.1, 0.15) is 55.4 Å². The number of nitrogens with one attached hydrogen (secondary N) is 1. The maximum Gasteiger partial charge on any atom is 0.322 e. The van der Waals surface area contributed by atoms with Gasteiger partial charge >= 0.3 is 6.01 Å². The van der Waals surface area contributed by atoms with E-state index in [0.717, 1.165) is 35.9 Å². The zero-order valence-corrected chi connectivity index (χ0v) is 19.3. The number of aryl methyl sites for hydroxylation is 2. The molecule has 4 rings (SSSR count). The Morgan fingerprint density at radius 2 is 2.13 bits per heavy atom. The Morgan fingerprint density at radius 1 is 1.32 bits per heavy atom. The fraction of sp³-hybridized carbons (Fsp3) is 0.476. The molecule has 8 nitrogen and oxygen atoms in total. The highest BCUT2D eigenvalue weighted by atomic mass is 32.2. The van der Waals surface area contributed by atoms with Crippen LogP contribution in [-0.2, 0) is 24.2 Å². The molecule has 0 spiro atoms. The monoisotopic (exact) mass is 459 g/mol. The zero-order chi connectivity index (χ0) is 22.0. The summed E-state index contributed by atoms with van der Waals surface area (Å²) in [6.07, 6.45) is 7.05. The molecule has 10 heteroatoms. The average molecular weight is 460 g/mol. The Labute approximate surface area is 188 Å². The van der Waals surface area contributed by atoms with Crippen LogP contribution in [0.5, 0.6) is 0 Å². The first kappa shape index (κ1) is 21.8. The number of aromatic nitrogens is 4. The predicted octanol–water partition coefficient (Wildman–Crippen LogP) is 4.15. The number of thiophene rings is 1. The molecule has 164 valence electrons. The summed E-state index contributed by atoms with van der Waals surface area (Å²) in [5.74, 6) is 0.315. The molecule has 1 N–H and O–H groups in total. The molecule has 0 saturated heterocycles. The zero-order valence-electron chi connectivity index (χ0n) is 17.6. The van der Waals surface area contributed by atoms with Gasteiger partial charge in [0.05, 0.1) is 11.1 Å². The number of nitrogens with zero attached hydrogens (tertiary/aromatic N) is 4. The van der Waals surface area contributed by atoms with Gasteiger partial charge in [0.15, 0.2) is 5.16 Å². The molecule has 0 atom stereocenters. The Bertz CT molecular complexity index is 1180. The molecule has 1 aliphatic rings. The maximum atomic E-state index is 13.3. The third-order valence-corrected chi connectivity index (χ3v) is 7.28. The van der Waals surface area contributed by atoms with Crippen LogP contribution in [-0.4, -0.2) is 31.4 Å². The van der Waals surface area contributed by atoms with E-state index in [2.05, 4.69) is 22.1 Å². The van der Waals surface area contributed by atoms with Crippen LogP contribution >= 0.6 is 23.1 Å². The van der Waals surface area contributed by atoms with Crippen molar-refractivity contribution in [3.05, 3.63) is 39.3 Å². The van der Waals surface area contributed by atoms with Crippen LogP contribution in [0.2, 0.25) is 0 Å². The predicted molar refractivity (Wildman–Crippen MR) is 123 cm³/mol. The van der Waals surface area contributed by atoms with Crippen LogP contribution in [0.25, 0.3) is 10.2 Å². The summed E-state index contributed by atoms with van der Waals surface area (Å²) in [5.41, 5.74) is 1.12. The number of carbonyl (C=O) groups is 1. The lowest BCUT2D eigenvalue weighted by atomic mass is 10.1. The third-order valence-electron chi connectivity index (χ3n) is 5.11. The Kier molecular flexibility index (Phi) is 6.57. The van der Waals surface area contributed by atoms with E-state index in [-0.39, 0.29) is 29.2 Å². The minimum atomic E-state index is -0.301. The molecule has 0 aromatic carbocycles. The molecular formula is C21H25N5O3S2. The van der Waals surface area contributed by atoms with Crippen LogP contribution in [0, 0.1) is 0 Å². The van der Waals surface area contributed by atoms with Gasteiger partial charge in [0.2, 0.25) is 11.8 Å². The van der Waals surface area contributed by atoms with Gasteiger partial charge in [-0.1, -0.05) is 43.2 Å². The van der Waals surface area contributed by atoms with Crippen molar-refractivity contribution in [3.63, 3.8) is 0 Å². The second kappa shape index (κ2) is 9.35. The summed E-state index contributed by atoms with van der Waals surface area (Å²) >= 11 is 2.83. The Balaban J connectivity index is 1.57. The lowest BCUT2D eigenvalue weighted by molar-refractivity contribution is -0.113. The molecule has 1 amide bonds. The first-order valence-corrected chi connectivity index (χ1v) is 12.2. The second-order valence-corrected chi connectivity index (χ2v) is 9.81. The Morgan fingerprint density at radius 3 is 2.87 bits per heavy atom. The average Bonchev–Trinajstić information content (AvgIpc) is 3.27. The first-order chi connectivity index (χ1) is 15.0. The van der Waals surface area contributed by atoms with Crippen molar-refractivity contribution in [1.82, 2.24) is 19.7 Å². The van der Waals surface area contributed by atoms with Gasteiger partial charge in [0.25, 0.3) is 5.56 Å². The van der Waals surface area contributed by atoms with E-state index in [4.69, 9.17) is 9.40 Å². The van der Waals surface area contributed by atoms with Crippen LogP contribution < -0.4 is 10.9 Å². The summed E-state index contributed by atoms with van der Waals surface area (Å²) in [5, 5.41) is 11.6. The number of rotatable bonds is 7. The summed E-state index contributed by atoms with van der Waals surface area (Å²) in [4.78, 5) is 32.5. The molecule has 1 aliphatic carbocycles. The lowest BCUT2D eigenvalue weighted by Gasteiger charge is -2.10. The highest BCUT2D eigenvalue weighted by Crippen LogP contribution is 2.34. The van der Waals surface area contributed by atoms with E-state index in [1.165, 1.54) is 28.6 Å². The molecule has 3 heterocycles. The number of allylic oxidation sites excluding steroid dienone is 1. The normalized spacial score (nSPS) is 13.9. The second-order valence-electron chi connectivity index (χ2n) is 7.78. The number of anilines is 1. The molecule has 31 heavy (non-hydrogen) atoms. The molecular weight excluding hydrogens is 434 g/mol. The number of thioether (sulfide) groups is 1. The van der Waals surface area contributed by atoms with Crippen molar-refractivity contribution in [3.8, 4) is 0 Å². The summed E-state index contributed by atoms with van der Waals surface area (Å²) < 4.78 is 7.02. The Hall–Kier alpha value is -2.46. The highest BCUT2D eigenvalue weighted by molar-refractivity contribution is 7.99. The van der Waals surface area contributed by atoms with E-state index in [9.17, 15) is 9.59 Å². The molecule has 0 unspecified atom stereocenters. The molecule has 0 fully saturated rings. The largest absolute Gasteiger partial charge is 0.408 e. The summed E-state index contributed by atoms with van der Waals surface area (Å²) in [6, 6.07) is 0.0724. The molecule has 0 radical (unpaired) electrons. The van der Waals surface area contributed by atoms with Crippen LogP contribution in [0.15, 0.2) is 27.0 Å². The van der Waals surface area contributed by atoms with Crippen LogP contribution in [0.3, 0.4) is 0 Å². The van der Waals surface area contributed by atoms with Gasteiger partial charge in [-0.05, 0) is 31.2 Å². The van der Waals surface area contributed by atoms with Crippen molar-refractivity contribution < 1.29 is 9.21 Å². The maximum absolute atomic E-state index is 13.3. The number of fused-ring (bicyclic) bond motifs is 3. The SMILES string of the molecule is C=CCn1c(SCC(=O)Nc2nnc(C(C)C)o2)nc2sc3c(c2c1=O)CCCCC3. The number of carbonyl (C=O) groups excluding carboxylic acids is 1. The standard InChI is InChI=1S/C21H25N5O3S2/c1-4-10-26-19(28)16-13-8-6-5-7-9-14(13)31-18(16)23-21(26)30-11-15(27)22-20-25-24-17(29-20)12(2)3/h4,12H,1,5-11H2,2-3H3,(H,22,25,27). The van der Waals surface area contributed by atoms with Gasteiger partial charge in [-0.2, -0.15) is 0 Å². The number of amides is 1. The lowest BCUT2D eigenvalue weighted by Crippen LogP contribution is -2.24. The van der Waals surface area contributed by atoms with Crippen molar-refractivity contribution in [2.75, 3.05) is 11.1 Å². The minimum Gasteiger partial charge on any atom is -0.408 e. The third kappa shape index (κ3) is 4.59. The number of hydrogen-bond donors (Lipinski definition) is 1. The van der Waals surface area contributed by atoms with Crippen LogP contribution in [0.4, 0.5) is 6.01 Å². The number of hydrogen-bond acceptors (Lipinski definition) is 8. The molecule has 0 aliphatic heterocycles. The summed E-state index contributed by atoms with van der Waals surface area (Å²) in [7, 11) is 0. The van der Waals surface area contributed by atoms with Crippen molar-refractivity contribution in [2.24, 2.45) is 0 Å². The fourth-order valence-electron chi connectivity index (χ4n) is 3.60. The van der Waals surface area contributed by atoms with Crippen molar-refractivity contribution in [1.29, 1.82) is 0 Å². The van der Waals surface area contributed by atoms with E-state index in [1.807, 2.05) is 13.8 Å². The molecule has 3 aromatic rings. The van der Waals surface area contributed by atoms with E-state index in [0.29, 0.717) is 17.6 Å². The van der Waals surface area contributed by atoms with Gasteiger partial charge in [-0.15, -0.1) is 23.0 Å². The quantitative estimate of drug-likeness (QED) is 0.245. The van der Waals surface area contributed by atoms with Crippen molar-refractivity contribution in [2.45, 2.75) is 63.6 Å². The van der Waals surface area contributed by atoms with Gasteiger partial charge < -0.3 is 4.42 Å². The van der Waals surface area contributed by atoms with Gasteiger partial charge in [-0.25, -0.2) is 4.98 Å². The van der Waals surface area contributed by atoms with Gasteiger partial charge in [0, 0.05) is 17.3 Å². The van der Waals surface area contributed by atoms with E-state index in [1.54, 1.807) is 22.0 Å². The minimum absolute atomic E-state index is 0.0503. The smallest absolute Gasteiger partial charge is 0.322 e. The first-order valence-electron chi connectivity index (χ1n) is 10.4. The molecule has 3 aromatic heterocycles. The summed E-state index contributed by atoms with van der Waals surface area (Å²) in [6.45, 7) is 7.98. The topological polar surface area (TPSA) is 103 Å². The van der Waals surface area contributed by atoms with Gasteiger partial charge in [-0.3, -0.25) is 19.5 Å². The molecule has 0 bridgehead atoms. The molecule has 0 saturated carbocycles.